The number of aryl methyl sites for hydroxylation is 1. The molecule has 1 saturated carbocycles. The normalized spacial score (nSPS) is 26.2. The van der Waals surface area contributed by atoms with Crippen LogP contribution in [0.1, 0.15) is 24.5 Å². The Balaban J connectivity index is 2.52. The van der Waals surface area contributed by atoms with Gasteiger partial charge in [0.25, 0.3) is 0 Å². The van der Waals surface area contributed by atoms with Gasteiger partial charge in [0.15, 0.2) is 0 Å². The summed E-state index contributed by atoms with van der Waals surface area (Å²) in [5, 5.41) is 9.04. The average molecular weight is 231 g/mol. The second-order valence-electron chi connectivity index (χ2n) is 4.82. The number of nitriles is 1. The quantitative estimate of drug-likeness (QED) is 0.803. The highest BCUT2D eigenvalue weighted by atomic mass is 16.5. The van der Waals surface area contributed by atoms with E-state index >= 15 is 0 Å². The first-order valence-corrected chi connectivity index (χ1v) is 5.69. The Morgan fingerprint density at radius 3 is 2.53 bits per heavy atom. The molecule has 2 rings (SSSR count). The molecule has 3 nitrogen and oxygen atoms in total. The van der Waals surface area contributed by atoms with Crippen LogP contribution < -0.4 is 9.47 Å². The number of nitrogens with zero attached hydrogens (tertiary/aromatic N) is 1. The zero-order chi connectivity index (χ0) is 12.6. The zero-order valence-corrected chi connectivity index (χ0v) is 10.7. The van der Waals surface area contributed by atoms with Crippen molar-refractivity contribution in [1.82, 2.24) is 0 Å². The molecule has 0 radical (unpaired) electrons. The van der Waals surface area contributed by atoms with Crippen molar-refractivity contribution in [3.8, 4) is 17.6 Å². The Morgan fingerprint density at radius 1 is 1.35 bits per heavy atom. The van der Waals surface area contributed by atoms with E-state index in [1.54, 1.807) is 14.2 Å². The van der Waals surface area contributed by atoms with E-state index in [1.807, 2.05) is 19.1 Å². The molecule has 1 fully saturated rings. The molecular weight excluding hydrogens is 214 g/mol. The van der Waals surface area contributed by atoms with Gasteiger partial charge in [0.05, 0.1) is 26.2 Å². The van der Waals surface area contributed by atoms with Gasteiger partial charge >= 0.3 is 0 Å². The molecule has 1 aromatic rings. The first-order chi connectivity index (χ1) is 8.06. The van der Waals surface area contributed by atoms with Crippen LogP contribution in [-0.4, -0.2) is 14.2 Å². The fourth-order valence-electron chi connectivity index (χ4n) is 2.56. The molecule has 0 spiro atoms. The summed E-state index contributed by atoms with van der Waals surface area (Å²) in [6.45, 7) is 4.16. The molecule has 0 amide bonds. The molecule has 1 aliphatic carbocycles. The molecule has 0 heterocycles. The van der Waals surface area contributed by atoms with Crippen molar-refractivity contribution in [2.45, 2.75) is 25.7 Å². The van der Waals surface area contributed by atoms with Gasteiger partial charge in [-0.05, 0) is 25.0 Å². The highest BCUT2D eigenvalue weighted by Crippen LogP contribution is 2.57. The van der Waals surface area contributed by atoms with E-state index in [2.05, 4.69) is 13.0 Å². The van der Waals surface area contributed by atoms with Gasteiger partial charge in [-0.3, -0.25) is 0 Å². The van der Waals surface area contributed by atoms with Crippen LogP contribution in [0, 0.1) is 24.2 Å². The van der Waals surface area contributed by atoms with Crippen LogP contribution in [0.4, 0.5) is 0 Å². The summed E-state index contributed by atoms with van der Waals surface area (Å²) >= 11 is 0. The van der Waals surface area contributed by atoms with E-state index in [1.165, 1.54) is 0 Å². The lowest BCUT2D eigenvalue weighted by Crippen LogP contribution is -2.09. The fraction of sp³-hybridized carbons (Fsp3) is 0.500. The van der Waals surface area contributed by atoms with E-state index in [4.69, 9.17) is 14.7 Å². The summed E-state index contributed by atoms with van der Waals surface area (Å²) in [4.78, 5) is 0. The Morgan fingerprint density at radius 2 is 2.06 bits per heavy atom. The summed E-state index contributed by atoms with van der Waals surface area (Å²) in [6, 6.07) is 6.23. The minimum Gasteiger partial charge on any atom is -0.497 e. The third-order valence-corrected chi connectivity index (χ3v) is 3.69. The standard InChI is InChI=1S/C14H17NO2/c1-9-5-11(16-3)6-12(17-4)13(9)14(2)7-10(14)8-15/h5-6,10H,7H2,1-4H3. The van der Waals surface area contributed by atoms with E-state index in [-0.39, 0.29) is 11.3 Å². The van der Waals surface area contributed by atoms with Gasteiger partial charge in [-0.15, -0.1) is 0 Å². The zero-order valence-electron chi connectivity index (χ0n) is 10.7. The molecule has 17 heavy (non-hydrogen) atoms. The fourth-order valence-corrected chi connectivity index (χ4v) is 2.56. The van der Waals surface area contributed by atoms with Crippen molar-refractivity contribution in [2.75, 3.05) is 14.2 Å². The second kappa shape index (κ2) is 3.96. The number of hydrogen-bond donors (Lipinski definition) is 0. The van der Waals surface area contributed by atoms with E-state index in [0.29, 0.717) is 0 Å². The number of methoxy groups -OCH3 is 2. The van der Waals surface area contributed by atoms with Crippen LogP contribution >= 0.6 is 0 Å². The van der Waals surface area contributed by atoms with Crippen LogP contribution in [0.2, 0.25) is 0 Å². The molecule has 2 unspecified atom stereocenters. The minimum atomic E-state index is -0.0591. The molecule has 0 N–H and O–H groups in total. The Labute approximate surface area is 102 Å². The van der Waals surface area contributed by atoms with Crippen molar-refractivity contribution < 1.29 is 9.47 Å². The van der Waals surface area contributed by atoms with Crippen LogP contribution in [-0.2, 0) is 5.41 Å². The highest BCUT2D eigenvalue weighted by molar-refractivity contribution is 5.53. The van der Waals surface area contributed by atoms with Gasteiger partial charge in [-0.25, -0.2) is 0 Å². The average Bonchev–Trinajstić information content (AvgIpc) is 2.99. The van der Waals surface area contributed by atoms with Gasteiger partial charge < -0.3 is 9.47 Å². The maximum atomic E-state index is 9.04. The molecular formula is C14H17NO2. The topological polar surface area (TPSA) is 42.2 Å². The first kappa shape index (κ1) is 11.8. The molecule has 3 heteroatoms. The van der Waals surface area contributed by atoms with Gasteiger partial charge in [0, 0.05) is 17.0 Å². The monoisotopic (exact) mass is 231 g/mol. The Bertz CT molecular complexity index is 490. The summed E-state index contributed by atoms with van der Waals surface area (Å²) in [5.41, 5.74) is 2.21. The predicted octanol–water partition coefficient (Wildman–Crippen LogP) is 2.81. The lowest BCUT2D eigenvalue weighted by atomic mass is 9.90. The third kappa shape index (κ3) is 1.74. The molecule has 0 aliphatic heterocycles. The minimum absolute atomic E-state index is 0.0591. The van der Waals surface area contributed by atoms with Gasteiger partial charge in [-0.2, -0.15) is 5.26 Å². The maximum Gasteiger partial charge on any atom is 0.126 e. The molecule has 0 bridgehead atoms. The molecule has 90 valence electrons. The van der Waals surface area contributed by atoms with Crippen LogP contribution in [0.3, 0.4) is 0 Å². The second-order valence-corrected chi connectivity index (χ2v) is 4.82. The first-order valence-electron chi connectivity index (χ1n) is 5.69. The van der Waals surface area contributed by atoms with Crippen LogP contribution in [0.25, 0.3) is 0 Å². The predicted molar refractivity (Wildman–Crippen MR) is 65.4 cm³/mol. The lowest BCUT2D eigenvalue weighted by molar-refractivity contribution is 0.387. The smallest absolute Gasteiger partial charge is 0.126 e. The van der Waals surface area contributed by atoms with Crippen molar-refractivity contribution in [3.05, 3.63) is 23.3 Å². The van der Waals surface area contributed by atoms with Crippen LogP contribution in [0.15, 0.2) is 12.1 Å². The third-order valence-electron chi connectivity index (χ3n) is 3.69. The molecule has 1 aromatic carbocycles. The largest absolute Gasteiger partial charge is 0.497 e. The maximum absolute atomic E-state index is 9.04. The molecule has 0 aromatic heterocycles. The van der Waals surface area contributed by atoms with E-state index in [9.17, 15) is 0 Å². The lowest BCUT2D eigenvalue weighted by Gasteiger charge is -2.18. The summed E-state index contributed by atoms with van der Waals surface area (Å²) in [7, 11) is 3.30. The van der Waals surface area contributed by atoms with Gasteiger partial charge in [0.1, 0.15) is 11.5 Å². The van der Waals surface area contributed by atoms with Crippen LogP contribution in [0.5, 0.6) is 11.5 Å². The van der Waals surface area contributed by atoms with E-state index < -0.39 is 0 Å². The van der Waals surface area contributed by atoms with Crippen molar-refractivity contribution >= 4 is 0 Å². The Hall–Kier alpha value is -1.69. The highest BCUT2D eigenvalue weighted by Gasteiger charge is 2.54. The summed E-state index contributed by atoms with van der Waals surface area (Å²) in [6.07, 6.45) is 0.910. The number of rotatable bonds is 3. The number of benzene rings is 1. The molecule has 0 saturated heterocycles. The summed E-state index contributed by atoms with van der Waals surface area (Å²) in [5.74, 6) is 1.71. The molecule has 2 atom stereocenters. The van der Waals surface area contributed by atoms with Crippen molar-refractivity contribution in [1.29, 1.82) is 5.26 Å². The van der Waals surface area contributed by atoms with E-state index in [0.717, 1.165) is 29.0 Å². The Kier molecular flexibility index (Phi) is 2.74. The van der Waals surface area contributed by atoms with Crippen molar-refractivity contribution in [2.24, 2.45) is 5.92 Å². The number of hydrogen-bond acceptors (Lipinski definition) is 3. The van der Waals surface area contributed by atoms with Gasteiger partial charge in [0.2, 0.25) is 0 Å². The summed E-state index contributed by atoms with van der Waals surface area (Å²) < 4.78 is 10.7. The van der Waals surface area contributed by atoms with Gasteiger partial charge in [-0.1, -0.05) is 6.92 Å². The SMILES string of the molecule is COc1cc(C)c(C2(C)CC2C#N)c(OC)c1. The number of ether oxygens (including phenoxy) is 2. The molecule has 1 aliphatic rings. The van der Waals surface area contributed by atoms with Crippen molar-refractivity contribution in [3.63, 3.8) is 0 Å².